The maximum Gasteiger partial charge on any atom is 0.129 e. The summed E-state index contributed by atoms with van der Waals surface area (Å²) < 4.78 is 5.87. The Morgan fingerprint density at radius 3 is 2.62 bits per heavy atom. The predicted molar refractivity (Wildman–Crippen MR) is 86.8 cm³/mol. The largest absolute Gasteiger partial charge is 0.457 e. The van der Waals surface area contributed by atoms with Gasteiger partial charge in [0, 0.05) is 17.8 Å². The van der Waals surface area contributed by atoms with Crippen molar-refractivity contribution in [3.05, 3.63) is 54.6 Å². The molecule has 2 aromatic rings. The van der Waals surface area contributed by atoms with Crippen LogP contribution < -0.4 is 15.8 Å². The summed E-state index contributed by atoms with van der Waals surface area (Å²) in [4.78, 5) is 0. The molecule has 1 aliphatic carbocycles. The molecular weight excluding hydrogens is 260 g/mol. The number of ether oxygens (including phenoxy) is 1. The summed E-state index contributed by atoms with van der Waals surface area (Å²) in [5.41, 5.74) is 6.95. The van der Waals surface area contributed by atoms with E-state index in [-0.39, 0.29) is 0 Å². The van der Waals surface area contributed by atoms with Gasteiger partial charge in [0.05, 0.1) is 0 Å². The maximum atomic E-state index is 5.87. The molecule has 1 aliphatic rings. The number of hydrogen-bond acceptors (Lipinski definition) is 3. The molecule has 0 heterocycles. The van der Waals surface area contributed by atoms with Gasteiger partial charge in [0.25, 0.3) is 0 Å². The molecule has 0 radical (unpaired) electrons. The lowest BCUT2D eigenvalue weighted by Crippen LogP contribution is -2.29. The van der Waals surface area contributed by atoms with E-state index < -0.39 is 0 Å². The molecule has 0 amide bonds. The van der Waals surface area contributed by atoms with E-state index in [1.54, 1.807) is 0 Å². The number of benzene rings is 2. The Morgan fingerprint density at radius 1 is 1.00 bits per heavy atom. The SMILES string of the molecule is NCC1CCCC1Nc1cccc(Oc2ccccc2)c1. The van der Waals surface area contributed by atoms with Crippen LogP contribution in [0.5, 0.6) is 11.5 Å². The third-order valence-electron chi connectivity index (χ3n) is 4.13. The molecular formula is C18H22N2O. The Morgan fingerprint density at radius 2 is 1.81 bits per heavy atom. The molecule has 3 rings (SSSR count). The first-order chi connectivity index (χ1) is 10.3. The van der Waals surface area contributed by atoms with Gasteiger partial charge in [0.2, 0.25) is 0 Å². The third kappa shape index (κ3) is 3.56. The Bertz CT molecular complexity index is 570. The van der Waals surface area contributed by atoms with Gasteiger partial charge in [-0.3, -0.25) is 0 Å². The Balaban J connectivity index is 1.68. The minimum Gasteiger partial charge on any atom is -0.457 e. The van der Waals surface area contributed by atoms with E-state index in [2.05, 4.69) is 17.4 Å². The van der Waals surface area contributed by atoms with Crippen LogP contribution in [0.25, 0.3) is 0 Å². The summed E-state index contributed by atoms with van der Waals surface area (Å²) in [6.45, 7) is 0.762. The number of para-hydroxylation sites is 1. The molecule has 1 fully saturated rings. The smallest absolute Gasteiger partial charge is 0.129 e. The zero-order valence-electron chi connectivity index (χ0n) is 12.2. The summed E-state index contributed by atoms with van der Waals surface area (Å²) in [6, 6.07) is 18.5. The van der Waals surface area contributed by atoms with Crippen molar-refractivity contribution in [1.82, 2.24) is 0 Å². The van der Waals surface area contributed by atoms with Crippen molar-refractivity contribution in [3.8, 4) is 11.5 Å². The number of nitrogens with two attached hydrogens (primary N) is 1. The van der Waals surface area contributed by atoms with Crippen LogP contribution in [0.4, 0.5) is 5.69 Å². The Hall–Kier alpha value is -2.00. The first-order valence-corrected chi connectivity index (χ1v) is 7.65. The van der Waals surface area contributed by atoms with Gasteiger partial charge in [0.15, 0.2) is 0 Å². The summed E-state index contributed by atoms with van der Waals surface area (Å²) in [6.07, 6.45) is 3.69. The maximum absolute atomic E-state index is 5.87. The van der Waals surface area contributed by atoms with Crippen molar-refractivity contribution >= 4 is 5.69 Å². The standard InChI is InChI=1S/C18H22N2O/c19-13-14-6-4-11-18(14)20-15-7-5-10-17(12-15)21-16-8-2-1-3-9-16/h1-3,5,7-10,12,14,18,20H,4,6,11,13,19H2. The molecule has 2 unspecified atom stereocenters. The van der Waals surface area contributed by atoms with E-state index in [1.165, 1.54) is 19.3 Å². The second-order valence-electron chi connectivity index (χ2n) is 5.62. The second kappa shape index (κ2) is 6.64. The van der Waals surface area contributed by atoms with Crippen molar-refractivity contribution < 1.29 is 4.74 Å². The topological polar surface area (TPSA) is 47.3 Å². The molecule has 2 atom stereocenters. The molecule has 2 aromatic carbocycles. The average Bonchev–Trinajstić information content (AvgIpc) is 2.96. The van der Waals surface area contributed by atoms with Crippen LogP contribution in [-0.2, 0) is 0 Å². The highest BCUT2D eigenvalue weighted by Crippen LogP contribution is 2.29. The quantitative estimate of drug-likeness (QED) is 0.870. The monoisotopic (exact) mass is 282 g/mol. The molecule has 0 aliphatic heterocycles. The molecule has 0 aromatic heterocycles. The van der Waals surface area contributed by atoms with Gasteiger partial charge >= 0.3 is 0 Å². The fraction of sp³-hybridized carbons (Fsp3) is 0.333. The molecule has 3 nitrogen and oxygen atoms in total. The van der Waals surface area contributed by atoms with Crippen LogP contribution in [0, 0.1) is 5.92 Å². The molecule has 0 saturated heterocycles. The van der Waals surface area contributed by atoms with Crippen molar-refractivity contribution in [2.45, 2.75) is 25.3 Å². The first-order valence-electron chi connectivity index (χ1n) is 7.65. The van der Waals surface area contributed by atoms with E-state index in [9.17, 15) is 0 Å². The zero-order chi connectivity index (χ0) is 14.5. The molecule has 3 heteroatoms. The van der Waals surface area contributed by atoms with E-state index in [0.29, 0.717) is 12.0 Å². The van der Waals surface area contributed by atoms with Gasteiger partial charge < -0.3 is 15.8 Å². The molecule has 21 heavy (non-hydrogen) atoms. The van der Waals surface area contributed by atoms with Gasteiger partial charge in [-0.2, -0.15) is 0 Å². The second-order valence-corrected chi connectivity index (χ2v) is 5.62. The van der Waals surface area contributed by atoms with Gasteiger partial charge in [0.1, 0.15) is 11.5 Å². The van der Waals surface area contributed by atoms with Crippen molar-refractivity contribution in [1.29, 1.82) is 0 Å². The summed E-state index contributed by atoms with van der Waals surface area (Å²) in [5.74, 6) is 2.30. The van der Waals surface area contributed by atoms with Crippen LogP contribution in [-0.4, -0.2) is 12.6 Å². The van der Waals surface area contributed by atoms with Gasteiger partial charge in [-0.1, -0.05) is 30.7 Å². The minimum atomic E-state index is 0.488. The third-order valence-corrected chi connectivity index (χ3v) is 4.13. The van der Waals surface area contributed by atoms with Gasteiger partial charge in [-0.25, -0.2) is 0 Å². The van der Waals surface area contributed by atoms with Crippen molar-refractivity contribution in [2.75, 3.05) is 11.9 Å². The first kappa shape index (κ1) is 14.0. The van der Waals surface area contributed by atoms with E-state index in [0.717, 1.165) is 23.7 Å². The molecule has 1 saturated carbocycles. The summed E-state index contributed by atoms with van der Waals surface area (Å²) in [7, 11) is 0. The predicted octanol–water partition coefficient (Wildman–Crippen LogP) is 4.02. The lowest BCUT2D eigenvalue weighted by molar-refractivity contribution is 0.482. The highest BCUT2D eigenvalue weighted by Gasteiger charge is 2.25. The lowest BCUT2D eigenvalue weighted by atomic mass is 10.0. The van der Waals surface area contributed by atoms with Gasteiger partial charge in [-0.05, 0) is 49.6 Å². The van der Waals surface area contributed by atoms with E-state index >= 15 is 0 Å². The van der Waals surface area contributed by atoms with Gasteiger partial charge in [-0.15, -0.1) is 0 Å². The Labute approximate surface area is 126 Å². The van der Waals surface area contributed by atoms with Crippen LogP contribution in [0.2, 0.25) is 0 Å². The molecule has 110 valence electrons. The van der Waals surface area contributed by atoms with Crippen LogP contribution >= 0.6 is 0 Å². The van der Waals surface area contributed by atoms with Crippen molar-refractivity contribution in [2.24, 2.45) is 11.7 Å². The van der Waals surface area contributed by atoms with Crippen LogP contribution in [0.3, 0.4) is 0 Å². The summed E-state index contributed by atoms with van der Waals surface area (Å²) in [5, 5.41) is 3.61. The number of rotatable bonds is 5. The minimum absolute atomic E-state index is 0.488. The highest BCUT2D eigenvalue weighted by molar-refractivity contribution is 5.50. The number of hydrogen-bond donors (Lipinski definition) is 2. The number of nitrogens with one attached hydrogen (secondary N) is 1. The van der Waals surface area contributed by atoms with Crippen molar-refractivity contribution in [3.63, 3.8) is 0 Å². The highest BCUT2D eigenvalue weighted by atomic mass is 16.5. The molecule has 0 spiro atoms. The normalized spacial score (nSPS) is 21.2. The fourth-order valence-electron chi connectivity index (χ4n) is 3.00. The van der Waals surface area contributed by atoms with Crippen LogP contribution in [0.1, 0.15) is 19.3 Å². The zero-order valence-corrected chi connectivity index (χ0v) is 12.2. The van der Waals surface area contributed by atoms with Crippen LogP contribution in [0.15, 0.2) is 54.6 Å². The fourth-order valence-corrected chi connectivity index (χ4v) is 3.00. The Kier molecular flexibility index (Phi) is 4.41. The molecule has 0 bridgehead atoms. The molecule has 3 N–H and O–H groups in total. The summed E-state index contributed by atoms with van der Waals surface area (Å²) >= 11 is 0. The average molecular weight is 282 g/mol. The lowest BCUT2D eigenvalue weighted by Gasteiger charge is -2.21. The number of anilines is 1. The van der Waals surface area contributed by atoms with E-state index in [1.807, 2.05) is 42.5 Å². The van der Waals surface area contributed by atoms with E-state index in [4.69, 9.17) is 10.5 Å².